The van der Waals surface area contributed by atoms with Crippen LogP contribution in [0.2, 0.25) is 0 Å². The summed E-state index contributed by atoms with van der Waals surface area (Å²) in [6.45, 7) is 1.71. The van der Waals surface area contributed by atoms with E-state index in [0.717, 1.165) is 30.9 Å². The van der Waals surface area contributed by atoms with Crippen molar-refractivity contribution in [1.82, 2.24) is 5.32 Å². The Labute approximate surface area is 87.0 Å². The van der Waals surface area contributed by atoms with Crippen LogP contribution in [0.1, 0.15) is 5.56 Å². The van der Waals surface area contributed by atoms with E-state index in [9.17, 15) is 10.1 Å². The Morgan fingerprint density at radius 1 is 1.40 bits per heavy atom. The molecule has 0 aliphatic carbocycles. The number of nitrogens with zero attached hydrogens (tertiary/aromatic N) is 2. The van der Waals surface area contributed by atoms with Crippen LogP contribution in [0.3, 0.4) is 0 Å². The van der Waals surface area contributed by atoms with Crippen LogP contribution in [0, 0.1) is 10.1 Å². The van der Waals surface area contributed by atoms with Crippen LogP contribution in [0.15, 0.2) is 29.3 Å². The molecule has 0 amide bonds. The molecule has 1 aliphatic rings. The average molecular weight is 205 g/mol. The van der Waals surface area contributed by atoms with Gasteiger partial charge in [0.05, 0.1) is 11.5 Å². The largest absolute Gasteiger partial charge is 0.372 e. The van der Waals surface area contributed by atoms with Crippen LogP contribution in [0.25, 0.3) is 0 Å². The zero-order valence-electron chi connectivity index (χ0n) is 8.14. The summed E-state index contributed by atoms with van der Waals surface area (Å²) in [6, 6.07) is 6.57. The Hall–Kier alpha value is -1.91. The van der Waals surface area contributed by atoms with Gasteiger partial charge in [-0.2, -0.15) is 0 Å². The molecule has 1 N–H and O–H groups in total. The zero-order valence-corrected chi connectivity index (χ0v) is 8.14. The molecule has 0 saturated carbocycles. The molecule has 78 valence electrons. The van der Waals surface area contributed by atoms with Gasteiger partial charge < -0.3 is 5.32 Å². The van der Waals surface area contributed by atoms with Gasteiger partial charge in [-0.15, -0.1) is 0 Å². The van der Waals surface area contributed by atoms with Crippen molar-refractivity contribution in [1.29, 1.82) is 0 Å². The van der Waals surface area contributed by atoms with Gasteiger partial charge in [0.2, 0.25) is 0 Å². The molecule has 1 aromatic rings. The molecule has 5 nitrogen and oxygen atoms in total. The van der Waals surface area contributed by atoms with Crippen LogP contribution in [-0.4, -0.2) is 23.8 Å². The SMILES string of the molecule is O=[N+]([O-])c1ccc(CC2=NCCN2)cc1. The van der Waals surface area contributed by atoms with Gasteiger partial charge >= 0.3 is 0 Å². The second-order valence-electron chi connectivity index (χ2n) is 3.36. The van der Waals surface area contributed by atoms with E-state index in [2.05, 4.69) is 10.3 Å². The van der Waals surface area contributed by atoms with E-state index in [1.807, 2.05) is 0 Å². The second-order valence-corrected chi connectivity index (χ2v) is 3.36. The number of amidine groups is 1. The summed E-state index contributed by atoms with van der Waals surface area (Å²) in [4.78, 5) is 14.3. The van der Waals surface area contributed by atoms with Crippen molar-refractivity contribution in [2.24, 2.45) is 4.99 Å². The smallest absolute Gasteiger partial charge is 0.269 e. The molecule has 1 heterocycles. The Bertz CT molecular complexity index is 398. The van der Waals surface area contributed by atoms with Crippen LogP contribution < -0.4 is 5.32 Å². The van der Waals surface area contributed by atoms with Crippen molar-refractivity contribution in [2.75, 3.05) is 13.1 Å². The topological polar surface area (TPSA) is 67.5 Å². The lowest BCUT2D eigenvalue weighted by Gasteiger charge is -2.01. The molecule has 0 fully saturated rings. The fourth-order valence-corrected chi connectivity index (χ4v) is 1.49. The predicted molar refractivity (Wildman–Crippen MR) is 57.1 cm³/mol. The van der Waals surface area contributed by atoms with Gasteiger partial charge in [-0.25, -0.2) is 0 Å². The number of non-ortho nitro benzene ring substituents is 1. The average Bonchev–Trinajstić information content (AvgIpc) is 2.71. The van der Waals surface area contributed by atoms with E-state index in [0.29, 0.717) is 0 Å². The van der Waals surface area contributed by atoms with Crippen molar-refractivity contribution < 1.29 is 4.92 Å². The molecule has 1 aliphatic heterocycles. The normalized spacial score (nSPS) is 14.5. The maximum Gasteiger partial charge on any atom is 0.269 e. The first-order chi connectivity index (χ1) is 7.25. The van der Waals surface area contributed by atoms with E-state index in [1.54, 1.807) is 12.1 Å². The molecule has 0 aromatic heterocycles. The lowest BCUT2D eigenvalue weighted by Crippen LogP contribution is -2.20. The Morgan fingerprint density at radius 2 is 2.13 bits per heavy atom. The quantitative estimate of drug-likeness (QED) is 0.594. The minimum Gasteiger partial charge on any atom is -0.372 e. The van der Waals surface area contributed by atoms with Crippen molar-refractivity contribution in [3.63, 3.8) is 0 Å². The number of rotatable bonds is 3. The maximum absolute atomic E-state index is 10.4. The van der Waals surface area contributed by atoms with Crippen molar-refractivity contribution in [3.05, 3.63) is 39.9 Å². The number of aliphatic imine (C=N–C) groups is 1. The van der Waals surface area contributed by atoms with Crippen molar-refractivity contribution in [3.8, 4) is 0 Å². The molecule has 2 rings (SSSR count). The van der Waals surface area contributed by atoms with Gasteiger partial charge in [0, 0.05) is 25.1 Å². The molecule has 15 heavy (non-hydrogen) atoms. The maximum atomic E-state index is 10.4. The van der Waals surface area contributed by atoms with E-state index < -0.39 is 4.92 Å². The first-order valence-electron chi connectivity index (χ1n) is 4.76. The predicted octanol–water partition coefficient (Wildman–Crippen LogP) is 1.14. The van der Waals surface area contributed by atoms with E-state index in [4.69, 9.17) is 0 Å². The van der Waals surface area contributed by atoms with Crippen LogP contribution in [0.5, 0.6) is 0 Å². The lowest BCUT2D eigenvalue weighted by atomic mass is 10.1. The number of nitro groups is 1. The molecule has 1 aromatic carbocycles. The number of hydrogen-bond acceptors (Lipinski definition) is 4. The molecular weight excluding hydrogens is 194 g/mol. The molecule has 5 heteroatoms. The Kier molecular flexibility index (Phi) is 2.62. The second kappa shape index (κ2) is 4.08. The highest BCUT2D eigenvalue weighted by Gasteiger charge is 2.08. The van der Waals surface area contributed by atoms with Gasteiger partial charge in [-0.3, -0.25) is 15.1 Å². The highest BCUT2D eigenvalue weighted by Crippen LogP contribution is 2.12. The summed E-state index contributed by atoms with van der Waals surface area (Å²) >= 11 is 0. The third kappa shape index (κ3) is 2.31. The standard InChI is InChI=1S/C10H11N3O2/c14-13(15)9-3-1-8(2-4-9)7-10-11-5-6-12-10/h1-4H,5-7H2,(H,11,12). The van der Waals surface area contributed by atoms with Crippen LogP contribution in [0.4, 0.5) is 5.69 Å². The molecule has 0 atom stereocenters. The molecule has 0 radical (unpaired) electrons. The first-order valence-corrected chi connectivity index (χ1v) is 4.76. The molecule has 0 saturated heterocycles. The summed E-state index contributed by atoms with van der Waals surface area (Å²) in [5, 5.41) is 13.6. The third-order valence-corrected chi connectivity index (χ3v) is 2.26. The van der Waals surface area contributed by atoms with Crippen molar-refractivity contribution in [2.45, 2.75) is 6.42 Å². The minimum atomic E-state index is -0.394. The highest BCUT2D eigenvalue weighted by molar-refractivity contribution is 5.85. The van der Waals surface area contributed by atoms with Crippen LogP contribution >= 0.6 is 0 Å². The lowest BCUT2D eigenvalue weighted by molar-refractivity contribution is -0.384. The molecule has 0 spiro atoms. The summed E-state index contributed by atoms with van der Waals surface area (Å²) in [5.41, 5.74) is 1.16. The summed E-state index contributed by atoms with van der Waals surface area (Å²) < 4.78 is 0. The Balaban J connectivity index is 2.06. The number of nitro benzene ring substituents is 1. The van der Waals surface area contributed by atoms with Crippen LogP contribution in [-0.2, 0) is 6.42 Å². The summed E-state index contributed by atoms with van der Waals surface area (Å²) in [6.07, 6.45) is 0.720. The minimum absolute atomic E-state index is 0.125. The van der Waals surface area contributed by atoms with Crippen molar-refractivity contribution >= 4 is 11.5 Å². The summed E-state index contributed by atoms with van der Waals surface area (Å²) in [7, 11) is 0. The molecule has 0 unspecified atom stereocenters. The van der Waals surface area contributed by atoms with Gasteiger partial charge in [0.25, 0.3) is 5.69 Å². The molecular formula is C10H11N3O2. The molecule has 0 bridgehead atoms. The van der Waals surface area contributed by atoms with E-state index >= 15 is 0 Å². The Morgan fingerprint density at radius 3 is 2.67 bits per heavy atom. The summed E-state index contributed by atoms with van der Waals surface area (Å²) in [5.74, 6) is 0.962. The third-order valence-electron chi connectivity index (χ3n) is 2.26. The van der Waals surface area contributed by atoms with Gasteiger partial charge in [-0.05, 0) is 5.56 Å². The fourth-order valence-electron chi connectivity index (χ4n) is 1.49. The zero-order chi connectivity index (χ0) is 10.7. The first kappa shape index (κ1) is 9.64. The van der Waals surface area contributed by atoms with E-state index in [-0.39, 0.29) is 5.69 Å². The number of nitrogens with one attached hydrogen (secondary N) is 1. The van der Waals surface area contributed by atoms with E-state index in [1.165, 1.54) is 12.1 Å². The fraction of sp³-hybridized carbons (Fsp3) is 0.300. The van der Waals surface area contributed by atoms with Gasteiger partial charge in [0.15, 0.2) is 0 Å². The monoisotopic (exact) mass is 205 g/mol. The number of benzene rings is 1. The van der Waals surface area contributed by atoms with Gasteiger partial charge in [-0.1, -0.05) is 12.1 Å². The number of hydrogen-bond donors (Lipinski definition) is 1. The highest BCUT2D eigenvalue weighted by atomic mass is 16.6. The van der Waals surface area contributed by atoms with Gasteiger partial charge in [0.1, 0.15) is 5.84 Å².